The largest absolute Gasteiger partial charge is 0.348 e. The van der Waals surface area contributed by atoms with Gasteiger partial charge in [0, 0.05) is 24.2 Å². The Balaban J connectivity index is 1.53. The number of carbonyl (C=O) groups is 1. The van der Waals surface area contributed by atoms with Crippen LogP contribution in [0.4, 0.5) is 0 Å². The highest BCUT2D eigenvalue weighted by molar-refractivity contribution is 5.94. The molecule has 22 heavy (non-hydrogen) atoms. The van der Waals surface area contributed by atoms with Crippen LogP contribution in [0.25, 0.3) is 0 Å². The number of likely N-dealkylation sites (tertiary alicyclic amines) is 2. The number of nitrogens with one attached hydrogen (secondary N) is 1. The van der Waals surface area contributed by atoms with Gasteiger partial charge in [0.2, 0.25) is 0 Å². The van der Waals surface area contributed by atoms with Gasteiger partial charge in [-0.25, -0.2) is 0 Å². The number of benzene rings is 1. The number of nitrogens with zero attached hydrogens (tertiary/aromatic N) is 2. The third-order valence-electron chi connectivity index (χ3n) is 5.03. The predicted molar refractivity (Wildman–Crippen MR) is 89.0 cm³/mol. The van der Waals surface area contributed by atoms with Crippen molar-refractivity contribution in [3.63, 3.8) is 0 Å². The summed E-state index contributed by atoms with van der Waals surface area (Å²) in [5.74, 6) is 0.0656. The van der Waals surface area contributed by atoms with Crippen LogP contribution in [-0.4, -0.2) is 61.0 Å². The Bertz CT molecular complexity index is 482. The summed E-state index contributed by atoms with van der Waals surface area (Å²) in [6, 6.07) is 10.5. The molecular weight excluding hydrogens is 274 g/mol. The number of piperidine rings is 2. The lowest BCUT2D eigenvalue weighted by Gasteiger charge is -2.41. The van der Waals surface area contributed by atoms with E-state index in [1.165, 1.54) is 38.9 Å². The first-order valence-electron chi connectivity index (χ1n) is 8.51. The minimum absolute atomic E-state index is 0.0656. The highest BCUT2D eigenvalue weighted by Gasteiger charge is 2.28. The molecule has 1 unspecified atom stereocenters. The summed E-state index contributed by atoms with van der Waals surface area (Å²) >= 11 is 0. The van der Waals surface area contributed by atoms with Crippen molar-refractivity contribution >= 4 is 5.91 Å². The highest BCUT2D eigenvalue weighted by Crippen LogP contribution is 2.20. The Kier molecular flexibility index (Phi) is 5.11. The zero-order valence-electron chi connectivity index (χ0n) is 13.5. The van der Waals surface area contributed by atoms with Crippen LogP contribution in [0, 0.1) is 0 Å². The number of hydrogen-bond acceptors (Lipinski definition) is 3. The fourth-order valence-corrected chi connectivity index (χ4v) is 3.67. The molecule has 2 aliphatic heterocycles. The third kappa shape index (κ3) is 3.87. The monoisotopic (exact) mass is 301 g/mol. The van der Waals surface area contributed by atoms with Gasteiger partial charge in [0.15, 0.2) is 0 Å². The average molecular weight is 301 g/mol. The van der Waals surface area contributed by atoms with Gasteiger partial charge in [-0.3, -0.25) is 9.69 Å². The first-order chi connectivity index (χ1) is 10.7. The zero-order valence-corrected chi connectivity index (χ0v) is 13.5. The molecule has 2 heterocycles. The van der Waals surface area contributed by atoms with Crippen LogP contribution in [0.15, 0.2) is 30.3 Å². The lowest BCUT2D eigenvalue weighted by molar-refractivity contribution is 0.0766. The van der Waals surface area contributed by atoms with Crippen molar-refractivity contribution in [3.8, 4) is 0 Å². The minimum atomic E-state index is 0.0656. The Morgan fingerprint density at radius 1 is 1.09 bits per heavy atom. The minimum Gasteiger partial charge on any atom is -0.348 e. The van der Waals surface area contributed by atoms with Crippen LogP contribution in [-0.2, 0) is 0 Å². The quantitative estimate of drug-likeness (QED) is 0.927. The number of rotatable bonds is 3. The molecule has 0 bridgehead atoms. The summed E-state index contributed by atoms with van der Waals surface area (Å²) in [4.78, 5) is 17.3. The van der Waals surface area contributed by atoms with E-state index in [2.05, 4.69) is 22.2 Å². The summed E-state index contributed by atoms with van der Waals surface area (Å²) in [7, 11) is 2.20. The Morgan fingerprint density at radius 3 is 2.55 bits per heavy atom. The van der Waals surface area contributed by atoms with E-state index in [9.17, 15) is 4.79 Å². The van der Waals surface area contributed by atoms with E-state index in [0.29, 0.717) is 12.1 Å². The van der Waals surface area contributed by atoms with Crippen molar-refractivity contribution < 1.29 is 4.79 Å². The van der Waals surface area contributed by atoms with Gasteiger partial charge in [0.25, 0.3) is 5.91 Å². The molecule has 0 aromatic heterocycles. The van der Waals surface area contributed by atoms with Gasteiger partial charge in [-0.15, -0.1) is 0 Å². The van der Waals surface area contributed by atoms with E-state index in [4.69, 9.17) is 0 Å². The molecule has 0 radical (unpaired) electrons. The van der Waals surface area contributed by atoms with E-state index in [0.717, 1.165) is 18.5 Å². The molecule has 1 aromatic carbocycles. The van der Waals surface area contributed by atoms with Crippen LogP contribution in [0.3, 0.4) is 0 Å². The molecule has 0 saturated carbocycles. The molecule has 1 N–H and O–H groups in total. The van der Waals surface area contributed by atoms with Gasteiger partial charge < -0.3 is 10.2 Å². The second-order valence-corrected chi connectivity index (χ2v) is 6.71. The van der Waals surface area contributed by atoms with E-state index >= 15 is 0 Å². The SMILES string of the molecule is CN1CCC(N2CCCC(NC(=O)c3ccccc3)C2)CC1. The lowest BCUT2D eigenvalue weighted by atomic mass is 9.98. The third-order valence-corrected chi connectivity index (χ3v) is 5.03. The molecule has 1 aromatic rings. The second-order valence-electron chi connectivity index (χ2n) is 6.71. The molecule has 2 aliphatic rings. The molecule has 1 amide bonds. The molecule has 1 atom stereocenters. The first-order valence-corrected chi connectivity index (χ1v) is 8.51. The van der Waals surface area contributed by atoms with Crippen LogP contribution >= 0.6 is 0 Å². The summed E-state index contributed by atoms with van der Waals surface area (Å²) in [6.45, 7) is 4.59. The molecule has 2 fully saturated rings. The van der Waals surface area contributed by atoms with Crippen LogP contribution < -0.4 is 5.32 Å². The zero-order chi connectivity index (χ0) is 15.4. The van der Waals surface area contributed by atoms with E-state index < -0.39 is 0 Å². The van der Waals surface area contributed by atoms with Crippen molar-refractivity contribution in [2.24, 2.45) is 0 Å². The molecular formula is C18H27N3O. The Morgan fingerprint density at radius 2 is 1.82 bits per heavy atom. The molecule has 120 valence electrons. The van der Waals surface area contributed by atoms with Crippen LogP contribution in [0.5, 0.6) is 0 Å². The molecule has 0 aliphatic carbocycles. The summed E-state index contributed by atoms with van der Waals surface area (Å²) < 4.78 is 0. The number of carbonyl (C=O) groups excluding carboxylic acids is 1. The fourth-order valence-electron chi connectivity index (χ4n) is 3.67. The van der Waals surface area contributed by atoms with E-state index in [1.54, 1.807) is 0 Å². The summed E-state index contributed by atoms with van der Waals surface area (Å²) in [6.07, 6.45) is 4.81. The maximum absolute atomic E-state index is 12.3. The van der Waals surface area contributed by atoms with Gasteiger partial charge in [0.1, 0.15) is 0 Å². The van der Waals surface area contributed by atoms with E-state index in [1.807, 2.05) is 30.3 Å². The normalized spacial score (nSPS) is 25.0. The standard InChI is InChI=1S/C18H27N3O/c1-20-12-9-17(10-13-20)21-11-5-8-16(14-21)19-18(22)15-6-3-2-4-7-15/h2-4,6-7,16-17H,5,8-14H2,1H3,(H,19,22). The summed E-state index contributed by atoms with van der Waals surface area (Å²) in [5, 5.41) is 3.22. The van der Waals surface area contributed by atoms with Gasteiger partial charge in [-0.05, 0) is 64.5 Å². The van der Waals surface area contributed by atoms with Crippen molar-refractivity contribution in [3.05, 3.63) is 35.9 Å². The molecule has 4 nitrogen and oxygen atoms in total. The number of hydrogen-bond donors (Lipinski definition) is 1. The topological polar surface area (TPSA) is 35.6 Å². The molecule has 3 rings (SSSR count). The maximum atomic E-state index is 12.3. The fraction of sp³-hybridized carbons (Fsp3) is 0.611. The molecule has 2 saturated heterocycles. The van der Waals surface area contributed by atoms with Crippen molar-refractivity contribution in [2.45, 2.75) is 37.8 Å². The van der Waals surface area contributed by atoms with Crippen LogP contribution in [0.1, 0.15) is 36.0 Å². The van der Waals surface area contributed by atoms with Gasteiger partial charge >= 0.3 is 0 Å². The Labute approximate surface area is 133 Å². The second kappa shape index (κ2) is 7.25. The summed E-state index contributed by atoms with van der Waals surface area (Å²) in [5.41, 5.74) is 0.763. The highest BCUT2D eigenvalue weighted by atomic mass is 16.1. The predicted octanol–water partition coefficient (Wildman–Crippen LogP) is 1.97. The lowest BCUT2D eigenvalue weighted by Crippen LogP contribution is -2.53. The number of amides is 1. The average Bonchev–Trinajstić information content (AvgIpc) is 2.56. The smallest absolute Gasteiger partial charge is 0.251 e. The van der Waals surface area contributed by atoms with Crippen molar-refractivity contribution in [1.82, 2.24) is 15.1 Å². The van der Waals surface area contributed by atoms with Crippen molar-refractivity contribution in [1.29, 1.82) is 0 Å². The molecule has 0 spiro atoms. The first kappa shape index (κ1) is 15.5. The van der Waals surface area contributed by atoms with Gasteiger partial charge in [0.05, 0.1) is 0 Å². The van der Waals surface area contributed by atoms with Gasteiger partial charge in [-0.2, -0.15) is 0 Å². The van der Waals surface area contributed by atoms with Crippen molar-refractivity contribution in [2.75, 3.05) is 33.2 Å². The van der Waals surface area contributed by atoms with Gasteiger partial charge in [-0.1, -0.05) is 18.2 Å². The van der Waals surface area contributed by atoms with Crippen LogP contribution in [0.2, 0.25) is 0 Å². The maximum Gasteiger partial charge on any atom is 0.251 e. The Hall–Kier alpha value is -1.39. The molecule has 4 heteroatoms. The van der Waals surface area contributed by atoms with E-state index in [-0.39, 0.29) is 5.91 Å².